The molecule has 0 saturated carbocycles. The summed E-state index contributed by atoms with van der Waals surface area (Å²) in [5.74, 6) is -0.826. The minimum atomic E-state index is -4.94. The van der Waals surface area contributed by atoms with E-state index in [1.165, 1.54) is 18.2 Å². The second-order valence-electron chi connectivity index (χ2n) is 5.68. The van der Waals surface area contributed by atoms with Crippen LogP contribution in [0.15, 0.2) is 44.9 Å². The van der Waals surface area contributed by atoms with Gasteiger partial charge in [0.2, 0.25) is 0 Å². The van der Waals surface area contributed by atoms with Gasteiger partial charge < -0.3 is 10.5 Å². The molecule has 0 aliphatic carbocycles. The number of carbonyl (C=O) groups is 1. The summed E-state index contributed by atoms with van der Waals surface area (Å²) >= 11 is 6.58. The second-order valence-corrected chi connectivity index (χ2v) is 9.05. The van der Waals surface area contributed by atoms with E-state index in [1.54, 1.807) is 6.07 Å². The molecule has 1 aromatic heterocycles. The quantitative estimate of drug-likeness (QED) is 0.495. The van der Waals surface area contributed by atoms with Gasteiger partial charge in [0.05, 0.1) is 17.0 Å². The van der Waals surface area contributed by atoms with Crippen molar-refractivity contribution in [1.29, 1.82) is 0 Å². The maximum atomic E-state index is 13.0. The Hall–Kier alpha value is -2.51. The van der Waals surface area contributed by atoms with Crippen LogP contribution in [-0.2, 0) is 19.4 Å². The monoisotopic (exact) mass is 482 g/mol. The molecule has 0 saturated heterocycles. The van der Waals surface area contributed by atoms with Crippen LogP contribution in [0.25, 0.3) is 10.6 Å². The van der Waals surface area contributed by atoms with Crippen LogP contribution in [0, 0.1) is 0 Å². The van der Waals surface area contributed by atoms with E-state index in [2.05, 4.69) is 19.9 Å². The van der Waals surface area contributed by atoms with Gasteiger partial charge in [0.1, 0.15) is 23.0 Å². The Bertz CT molecular complexity index is 1130. The van der Waals surface area contributed by atoms with E-state index in [0.29, 0.717) is 5.56 Å². The summed E-state index contributed by atoms with van der Waals surface area (Å²) in [5, 5.41) is 6.70. The van der Waals surface area contributed by atoms with Crippen LogP contribution < -0.4 is 5.73 Å². The molecular weight excluding hydrogens is 469 g/mol. The lowest BCUT2D eigenvalue weighted by Crippen LogP contribution is -2.23. The molecule has 0 aliphatic heterocycles. The largest absolute Gasteiger partial charge is 0.468 e. The van der Waals surface area contributed by atoms with Crippen LogP contribution in [0.5, 0.6) is 0 Å². The van der Waals surface area contributed by atoms with Crippen LogP contribution in [0.1, 0.15) is 5.01 Å². The van der Waals surface area contributed by atoms with Gasteiger partial charge >= 0.3 is 12.1 Å². The minimum Gasteiger partial charge on any atom is -0.468 e. The number of carbonyl (C=O) groups excluding carboxylic acids is 1. The van der Waals surface area contributed by atoms with Gasteiger partial charge in [-0.25, -0.2) is 8.42 Å². The first-order valence-corrected chi connectivity index (χ1v) is 10.9. The number of rotatable bonds is 6. The summed E-state index contributed by atoms with van der Waals surface area (Å²) in [6, 6.07) is 5.75. The predicted molar refractivity (Wildman–Crippen MR) is 105 cm³/mol. The third-order valence-corrected chi connectivity index (χ3v) is 5.95. The highest BCUT2D eigenvalue weighted by Crippen LogP contribution is 2.31. The van der Waals surface area contributed by atoms with Crippen molar-refractivity contribution in [3.05, 3.63) is 40.0 Å². The second kappa shape index (κ2) is 9.10. The summed E-state index contributed by atoms with van der Waals surface area (Å²) in [4.78, 5) is 15.1. The SMILES string of the molecule is COC(=O)CN=C(C(Cl)=C(N)C(F)(F)F)c1nnc(-c2cccc(S(C)(=O)=O)c2)s1. The number of alkyl halides is 3. The molecule has 1 aromatic carbocycles. The van der Waals surface area contributed by atoms with Gasteiger partial charge in [0, 0.05) is 11.8 Å². The molecule has 0 spiro atoms. The number of methoxy groups -OCH3 is 1. The summed E-state index contributed by atoms with van der Waals surface area (Å²) < 4.78 is 66.8. The van der Waals surface area contributed by atoms with Gasteiger partial charge in [0.25, 0.3) is 0 Å². The van der Waals surface area contributed by atoms with Crippen LogP contribution in [0.3, 0.4) is 0 Å². The molecule has 2 N–H and O–H groups in total. The third-order valence-electron chi connectivity index (χ3n) is 3.48. The maximum absolute atomic E-state index is 13.0. The Labute approximate surface area is 178 Å². The fourth-order valence-corrected chi connectivity index (χ4v) is 3.82. The predicted octanol–water partition coefficient (Wildman–Crippen LogP) is 2.54. The fourth-order valence-electron chi connectivity index (χ4n) is 1.99. The van der Waals surface area contributed by atoms with Crippen LogP contribution >= 0.6 is 22.9 Å². The van der Waals surface area contributed by atoms with Crippen molar-refractivity contribution in [2.75, 3.05) is 19.9 Å². The third kappa shape index (κ3) is 5.77. The Morgan fingerprint density at radius 3 is 2.57 bits per heavy atom. The molecule has 162 valence electrons. The van der Waals surface area contributed by atoms with Gasteiger partial charge in [-0.2, -0.15) is 13.2 Å². The first kappa shape index (κ1) is 23.8. The topological polar surface area (TPSA) is 125 Å². The number of ether oxygens (including phenoxy) is 1. The van der Waals surface area contributed by atoms with Crippen LogP contribution in [0.2, 0.25) is 0 Å². The Kier molecular flexibility index (Phi) is 7.21. The number of hydrogen-bond acceptors (Lipinski definition) is 9. The van der Waals surface area contributed by atoms with E-state index >= 15 is 0 Å². The molecule has 2 rings (SSSR count). The summed E-state index contributed by atoms with van der Waals surface area (Å²) in [6.45, 7) is -0.633. The zero-order valence-corrected chi connectivity index (χ0v) is 17.8. The summed E-state index contributed by atoms with van der Waals surface area (Å²) in [7, 11) is -2.41. The lowest BCUT2D eigenvalue weighted by atomic mass is 10.2. The highest BCUT2D eigenvalue weighted by molar-refractivity contribution is 7.90. The van der Waals surface area contributed by atoms with Crippen molar-refractivity contribution < 1.29 is 31.1 Å². The number of benzene rings is 1. The van der Waals surface area contributed by atoms with Crippen molar-refractivity contribution in [3.8, 4) is 10.6 Å². The number of nitrogens with two attached hydrogens (primary N) is 1. The fraction of sp³-hybridized carbons (Fsp3) is 0.250. The summed E-state index contributed by atoms with van der Waals surface area (Å²) in [6.07, 6.45) is -3.92. The number of nitrogens with zero attached hydrogens (tertiary/aromatic N) is 3. The standard InChI is InChI=1S/C16H14ClF3N4O4S2/c1-28-10(25)7-22-12(11(17)13(21)16(18,19)20)15-24-23-14(29-15)8-4-3-5-9(6-8)30(2,26)27/h3-6H,7,21H2,1-2H3. The van der Waals surface area contributed by atoms with Gasteiger partial charge in [-0.1, -0.05) is 35.1 Å². The van der Waals surface area contributed by atoms with Crippen LogP contribution in [-0.4, -0.2) is 56.4 Å². The molecule has 8 nitrogen and oxygen atoms in total. The first-order valence-electron chi connectivity index (χ1n) is 7.83. The molecule has 30 heavy (non-hydrogen) atoms. The average Bonchev–Trinajstić information content (AvgIpc) is 3.15. The van der Waals surface area contributed by atoms with E-state index in [4.69, 9.17) is 17.3 Å². The molecule has 0 atom stereocenters. The maximum Gasteiger partial charge on any atom is 0.432 e. The number of aromatic nitrogens is 2. The van der Waals surface area contributed by atoms with E-state index in [1.807, 2.05) is 0 Å². The molecular formula is C16H14ClF3N4O4S2. The molecule has 2 aromatic rings. The van der Waals surface area contributed by atoms with E-state index in [-0.39, 0.29) is 14.9 Å². The number of allylic oxidation sites excluding steroid dienone is 2. The average molecular weight is 483 g/mol. The van der Waals surface area contributed by atoms with Gasteiger partial charge in [0.15, 0.2) is 14.8 Å². The van der Waals surface area contributed by atoms with Crippen molar-refractivity contribution in [1.82, 2.24) is 10.2 Å². The van der Waals surface area contributed by atoms with Gasteiger partial charge in [-0.3, -0.25) is 9.79 Å². The lowest BCUT2D eigenvalue weighted by molar-refractivity contribution is -0.138. The number of aliphatic imine (C=N–C) groups is 1. The Balaban J connectivity index is 2.55. The minimum absolute atomic E-state index is 0.0237. The Morgan fingerprint density at radius 1 is 1.33 bits per heavy atom. The van der Waals surface area contributed by atoms with Crippen LogP contribution in [0.4, 0.5) is 13.2 Å². The smallest absolute Gasteiger partial charge is 0.432 e. The molecule has 14 heteroatoms. The van der Waals surface area contributed by atoms with E-state index in [0.717, 1.165) is 24.7 Å². The normalized spacial score (nSPS) is 13.7. The van der Waals surface area contributed by atoms with Crippen molar-refractivity contribution in [2.24, 2.45) is 10.7 Å². The summed E-state index contributed by atoms with van der Waals surface area (Å²) in [5.41, 5.74) is 3.31. The molecule has 0 unspecified atom stereocenters. The van der Waals surface area contributed by atoms with E-state index < -0.39 is 45.0 Å². The molecule has 0 amide bonds. The molecule has 0 radical (unpaired) electrons. The van der Waals surface area contributed by atoms with E-state index in [9.17, 15) is 26.4 Å². The Morgan fingerprint density at radius 2 is 2.00 bits per heavy atom. The highest BCUT2D eigenvalue weighted by atomic mass is 35.5. The zero-order chi connectivity index (χ0) is 22.7. The number of halogens is 4. The van der Waals surface area contributed by atoms with Crippen molar-refractivity contribution in [3.63, 3.8) is 0 Å². The van der Waals surface area contributed by atoms with Crippen molar-refractivity contribution in [2.45, 2.75) is 11.1 Å². The van der Waals surface area contributed by atoms with Gasteiger partial charge in [-0.15, -0.1) is 10.2 Å². The number of hydrogen-bond donors (Lipinski definition) is 1. The number of sulfone groups is 1. The lowest BCUT2D eigenvalue weighted by Gasteiger charge is -2.10. The highest BCUT2D eigenvalue weighted by Gasteiger charge is 2.36. The first-order chi connectivity index (χ1) is 13.8. The molecule has 0 bridgehead atoms. The van der Waals surface area contributed by atoms with Gasteiger partial charge in [-0.05, 0) is 12.1 Å². The number of esters is 1. The molecule has 1 heterocycles. The molecule has 0 fully saturated rings. The zero-order valence-electron chi connectivity index (χ0n) is 15.4. The van der Waals surface area contributed by atoms with Crippen molar-refractivity contribution >= 4 is 44.5 Å². The molecule has 0 aliphatic rings.